The van der Waals surface area contributed by atoms with Gasteiger partial charge in [0.1, 0.15) is 12.7 Å². The number of ether oxygens (including phenoxy) is 1. The molecule has 2 aromatic rings. The van der Waals surface area contributed by atoms with Crippen molar-refractivity contribution in [2.75, 3.05) is 24.4 Å². The van der Waals surface area contributed by atoms with Crippen LogP contribution >= 0.6 is 0 Å². The molecule has 0 unspecified atom stereocenters. The highest BCUT2D eigenvalue weighted by Gasteiger charge is 2.08. The van der Waals surface area contributed by atoms with E-state index < -0.39 is 0 Å². The molecule has 0 amide bonds. The van der Waals surface area contributed by atoms with Crippen molar-refractivity contribution in [3.8, 4) is 5.95 Å². The molecule has 0 aliphatic carbocycles. The molecule has 11 heteroatoms. The molecule has 106 valence electrons. The lowest BCUT2D eigenvalue weighted by molar-refractivity contribution is -0.140. The second kappa shape index (κ2) is 6.38. The number of anilines is 2. The highest BCUT2D eigenvalue weighted by atomic mass is 16.5. The Morgan fingerprint density at radius 1 is 1.40 bits per heavy atom. The smallest absolute Gasteiger partial charge is 0.307 e. The maximum Gasteiger partial charge on any atom is 0.307 e. The van der Waals surface area contributed by atoms with E-state index in [0.29, 0.717) is 6.54 Å². The monoisotopic (exact) mass is 279 g/mol. The van der Waals surface area contributed by atoms with Gasteiger partial charge in [0.2, 0.25) is 11.9 Å². The molecule has 2 heterocycles. The molecule has 0 saturated heterocycles. The zero-order valence-corrected chi connectivity index (χ0v) is 10.6. The molecule has 0 aliphatic rings. The Labute approximate surface area is 113 Å². The van der Waals surface area contributed by atoms with E-state index in [1.807, 2.05) is 0 Å². The first-order chi connectivity index (χ1) is 9.72. The van der Waals surface area contributed by atoms with Crippen LogP contribution in [0.1, 0.15) is 6.42 Å². The molecule has 0 aromatic carbocycles. The van der Waals surface area contributed by atoms with Crippen molar-refractivity contribution in [1.29, 1.82) is 0 Å². The van der Waals surface area contributed by atoms with Gasteiger partial charge in [-0.25, -0.2) is 10.8 Å². The van der Waals surface area contributed by atoms with E-state index in [1.165, 1.54) is 24.4 Å². The van der Waals surface area contributed by atoms with Crippen LogP contribution in [0.15, 0.2) is 12.7 Å². The van der Waals surface area contributed by atoms with E-state index in [9.17, 15) is 4.79 Å². The van der Waals surface area contributed by atoms with Gasteiger partial charge in [-0.15, -0.1) is 0 Å². The number of nitrogens with two attached hydrogens (primary N) is 1. The second-order valence-electron chi connectivity index (χ2n) is 3.52. The summed E-state index contributed by atoms with van der Waals surface area (Å²) >= 11 is 0. The lowest BCUT2D eigenvalue weighted by atomic mass is 10.4. The summed E-state index contributed by atoms with van der Waals surface area (Å²) < 4.78 is 5.88. The molecule has 11 nitrogen and oxygen atoms in total. The fourth-order valence-corrected chi connectivity index (χ4v) is 1.30. The summed E-state index contributed by atoms with van der Waals surface area (Å²) in [6, 6.07) is 0. The average molecular weight is 279 g/mol. The van der Waals surface area contributed by atoms with Gasteiger partial charge in [-0.05, 0) is 0 Å². The number of carbonyl (C=O) groups excluding carboxylic acids is 1. The number of methoxy groups -OCH3 is 1. The van der Waals surface area contributed by atoms with Crippen molar-refractivity contribution in [2.45, 2.75) is 6.42 Å². The predicted octanol–water partition coefficient (Wildman–Crippen LogP) is -1.29. The van der Waals surface area contributed by atoms with Crippen LogP contribution in [0.4, 0.5) is 11.9 Å². The Balaban J connectivity index is 2.12. The van der Waals surface area contributed by atoms with Crippen molar-refractivity contribution < 1.29 is 9.53 Å². The highest BCUT2D eigenvalue weighted by molar-refractivity contribution is 5.69. The third kappa shape index (κ3) is 3.35. The van der Waals surface area contributed by atoms with Gasteiger partial charge < -0.3 is 10.1 Å². The molecule has 2 rings (SSSR count). The molecule has 0 aliphatic heterocycles. The molecule has 0 atom stereocenters. The van der Waals surface area contributed by atoms with Gasteiger partial charge >= 0.3 is 5.97 Å². The van der Waals surface area contributed by atoms with Crippen molar-refractivity contribution in [1.82, 2.24) is 29.7 Å². The molecule has 20 heavy (non-hydrogen) atoms. The molecule has 4 N–H and O–H groups in total. The summed E-state index contributed by atoms with van der Waals surface area (Å²) in [6.07, 6.45) is 2.98. The standard InChI is InChI=1S/C9H13N9O2/c1-20-6(19)2-3-12-7-14-8(17-10)16-9(15-7)18-5-11-4-13-18/h4-5H,2-3,10H2,1H3,(H2,12,14,15,16,17). The number of nitrogens with one attached hydrogen (secondary N) is 2. The first-order valence-electron chi connectivity index (χ1n) is 5.61. The molecule has 0 bridgehead atoms. The van der Waals surface area contributed by atoms with E-state index in [4.69, 9.17) is 5.84 Å². The number of nitrogen functional groups attached to an aromatic ring is 1. The first kappa shape index (κ1) is 13.6. The number of nitrogens with zero attached hydrogens (tertiary/aromatic N) is 6. The van der Waals surface area contributed by atoms with Gasteiger partial charge in [-0.1, -0.05) is 0 Å². The maximum atomic E-state index is 11.0. The van der Waals surface area contributed by atoms with E-state index in [0.717, 1.165) is 0 Å². The lowest BCUT2D eigenvalue weighted by Gasteiger charge is -2.07. The van der Waals surface area contributed by atoms with Gasteiger partial charge in [0.15, 0.2) is 0 Å². The van der Waals surface area contributed by atoms with Crippen LogP contribution in [0, 0.1) is 0 Å². The number of hydrazine groups is 1. The minimum atomic E-state index is -0.333. The Bertz CT molecular complexity index is 571. The summed E-state index contributed by atoms with van der Waals surface area (Å²) in [5.41, 5.74) is 2.32. The Hall–Kier alpha value is -2.82. The van der Waals surface area contributed by atoms with Crippen molar-refractivity contribution in [2.24, 2.45) is 5.84 Å². The zero-order valence-electron chi connectivity index (χ0n) is 10.6. The number of rotatable bonds is 6. The zero-order chi connectivity index (χ0) is 14.4. The van der Waals surface area contributed by atoms with Crippen LogP contribution < -0.4 is 16.6 Å². The topological polar surface area (TPSA) is 146 Å². The van der Waals surface area contributed by atoms with Gasteiger partial charge in [0, 0.05) is 6.54 Å². The first-order valence-corrected chi connectivity index (χ1v) is 5.61. The Morgan fingerprint density at radius 2 is 2.20 bits per heavy atom. The normalized spacial score (nSPS) is 10.1. The Morgan fingerprint density at radius 3 is 2.85 bits per heavy atom. The van der Waals surface area contributed by atoms with Gasteiger partial charge in [0.25, 0.3) is 5.95 Å². The SMILES string of the molecule is COC(=O)CCNc1nc(NN)nc(-n2cncn2)n1. The molecule has 0 fully saturated rings. The van der Waals surface area contributed by atoms with Crippen LogP contribution in [0.3, 0.4) is 0 Å². The van der Waals surface area contributed by atoms with Crippen LogP contribution in [-0.4, -0.2) is 49.3 Å². The highest BCUT2D eigenvalue weighted by Crippen LogP contribution is 2.07. The van der Waals surface area contributed by atoms with E-state index >= 15 is 0 Å². The summed E-state index contributed by atoms with van der Waals surface area (Å²) in [7, 11) is 1.32. The van der Waals surface area contributed by atoms with Crippen LogP contribution in [-0.2, 0) is 9.53 Å². The predicted molar refractivity (Wildman–Crippen MR) is 67.7 cm³/mol. The molecule has 0 radical (unpaired) electrons. The van der Waals surface area contributed by atoms with Crippen molar-refractivity contribution in [3.05, 3.63) is 12.7 Å². The quantitative estimate of drug-likeness (QED) is 0.331. The summed E-state index contributed by atoms with van der Waals surface area (Å²) in [5.74, 6) is 5.61. The second-order valence-corrected chi connectivity index (χ2v) is 3.52. The van der Waals surface area contributed by atoms with Gasteiger partial charge in [-0.3, -0.25) is 10.2 Å². The number of carbonyl (C=O) groups is 1. The molecular formula is C9H13N9O2. The van der Waals surface area contributed by atoms with E-state index in [-0.39, 0.29) is 30.2 Å². The van der Waals surface area contributed by atoms with Crippen LogP contribution in [0.25, 0.3) is 5.95 Å². The average Bonchev–Trinajstić information content (AvgIpc) is 3.01. The van der Waals surface area contributed by atoms with Gasteiger partial charge in [0.05, 0.1) is 13.5 Å². The van der Waals surface area contributed by atoms with Crippen LogP contribution in [0.5, 0.6) is 0 Å². The van der Waals surface area contributed by atoms with Gasteiger partial charge in [-0.2, -0.15) is 24.7 Å². The summed E-state index contributed by atoms with van der Waals surface area (Å²) in [5, 5.41) is 6.77. The summed E-state index contributed by atoms with van der Waals surface area (Å²) in [4.78, 5) is 27.0. The number of hydrogen-bond acceptors (Lipinski definition) is 10. The molecule has 0 saturated carbocycles. The fraction of sp³-hybridized carbons (Fsp3) is 0.333. The van der Waals surface area contributed by atoms with Crippen molar-refractivity contribution >= 4 is 17.9 Å². The molecule has 2 aromatic heterocycles. The van der Waals surface area contributed by atoms with Crippen LogP contribution in [0.2, 0.25) is 0 Å². The third-order valence-corrected chi connectivity index (χ3v) is 2.22. The minimum Gasteiger partial charge on any atom is -0.469 e. The third-order valence-electron chi connectivity index (χ3n) is 2.22. The number of aromatic nitrogens is 6. The van der Waals surface area contributed by atoms with E-state index in [1.54, 1.807) is 0 Å². The Kier molecular flexibility index (Phi) is 4.34. The fourth-order valence-electron chi connectivity index (χ4n) is 1.30. The maximum absolute atomic E-state index is 11.0. The molecule has 0 spiro atoms. The lowest BCUT2D eigenvalue weighted by Crippen LogP contribution is -2.17. The largest absolute Gasteiger partial charge is 0.469 e. The molecular weight excluding hydrogens is 266 g/mol. The minimum absolute atomic E-state index is 0.158. The van der Waals surface area contributed by atoms with Crippen molar-refractivity contribution in [3.63, 3.8) is 0 Å². The summed E-state index contributed by atoms with van der Waals surface area (Å²) in [6.45, 7) is 0.317. The number of hydrogen-bond donors (Lipinski definition) is 3. The number of esters is 1. The van der Waals surface area contributed by atoms with E-state index in [2.05, 4.69) is 40.5 Å².